The number of ether oxygens (including phenoxy) is 2. The molecule has 0 bridgehead atoms. The minimum absolute atomic E-state index is 0.168. The molecule has 0 fully saturated rings. The first kappa shape index (κ1) is 19.3. The Labute approximate surface area is 146 Å². The summed E-state index contributed by atoms with van der Waals surface area (Å²) < 4.78 is 58.5. The molecule has 0 aliphatic heterocycles. The van der Waals surface area contributed by atoms with Gasteiger partial charge >= 0.3 is 12.2 Å². The van der Waals surface area contributed by atoms with Gasteiger partial charge in [0.1, 0.15) is 18.2 Å². The van der Waals surface area contributed by atoms with Crippen molar-refractivity contribution in [1.82, 2.24) is 10.3 Å². The summed E-state index contributed by atoms with van der Waals surface area (Å²) in [7, 11) is 0. The smallest absolute Gasteiger partial charge is 0.422 e. The summed E-state index contributed by atoms with van der Waals surface area (Å²) in [5.74, 6) is -0.119. The second kappa shape index (κ2) is 8.88. The molecule has 2 amide bonds. The highest BCUT2D eigenvalue weighted by atomic mass is 19.4. The van der Waals surface area contributed by atoms with Crippen LogP contribution in [0.25, 0.3) is 0 Å². The van der Waals surface area contributed by atoms with E-state index in [9.17, 15) is 22.4 Å². The number of rotatable bonds is 7. The van der Waals surface area contributed by atoms with Crippen molar-refractivity contribution in [2.24, 2.45) is 0 Å². The van der Waals surface area contributed by atoms with Crippen LogP contribution in [-0.4, -0.2) is 36.9 Å². The van der Waals surface area contributed by atoms with Gasteiger partial charge in [-0.25, -0.2) is 14.2 Å². The average Bonchev–Trinajstić information content (AvgIpc) is 2.59. The number of halogens is 4. The maximum Gasteiger partial charge on any atom is 0.422 e. The molecule has 2 N–H and O–H groups in total. The number of carbonyl (C=O) groups excluding carboxylic acids is 1. The Morgan fingerprint density at radius 3 is 2.42 bits per heavy atom. The lowest BCUT2D eigenvalue weighted by Gasteiger charge is -2.10. The number of nitrogens with zero attached hydrogens (tertiary/aromatic N) is 1. The fourth-order valence-electron chi connectivity index (χ4n) is 1.73. The van der Waals surface area contributed by atoms with Crippen LogP contribution in [0, 0.1) is 5.82 Å². The number of aromatic nitrogens is 1. The summed E-state index contributed by atoms with van der Waals surface area (Å²) >= 11 is 0. The molecule has 1 aromatic heterocycles. The molecule has 6 nitrogen and oxygen atoms in total. The number of nitrogens with one attached hydrogen (secondary N) is 2. The lowest BCUT2D eigenvalue weighted by atomic mass is 10.3. The number of amides is 2. The summed E-state index contributed by atoms with van der Waals surface area (Å²) in [4.78, 5) is 15.3. The van der Waals surface area contributed by atoms with E-state index >= 15 is 0 Å². The average molecular weight is 373 g/mol. The van der Waals surface area contributed by atoms with E-state index in [1.54, 1.807) is 0 Å². The quantitative estimate of drug-likeness (QED) is 0.577. The summed E-state index contributed by atoms with van der Waals surface area (Å²) in [5.41, 5.74) is 0.279. The van der Waals surface area contributed by atoms with E-state index < -0.39 is 18.8 Å². The van der Waals surface area contributed by atoms with E-state index in [4.69, 9.17) is 4.74 Å². The zero-order valence-corrected chi connectivity index (χ0v) is 13.3. The van der Waals surface area contributed by atoms with Crippen molar-refractivity contribution in [3.05, 3.63) is 48.4 Å². The molecule has 0 saturated carbocycles. The van der Waals surface area contributed by atoms with Crippen LogP contribution in [0.4, 0.5) is 28.0 Å². The van der Waals surface area contributed by atoms with E-state index in [2.05, 4.69) is 20.4 Å². The number of hydrogen-bond donors (Lipinski definition) is 2. The van der Waals surface area contributed by atoms with E-state index in [-0.39, 0.29) is 30.5 Å². The first-order valence-electron chi connectivity index (χ1n) is 7.41. The summed E-state index contributed by atoms with van der Waals surface area (Å²) in [6, 6.07) is 7.45. The molecule has 0 atom stereocenters. The van der Waals surface area contributed by atoms with Crippen LogP contribution < -0.4 is 20.1 Å². The van der Waals surface area contributed by atoms with Gasteiger partial charge in [-0.3, -0.25) is 0 Å². The van der Waals surface area contributed by atoms with Crippen LogP contribution in [0.5, 0.6) is 11.6 Å². The van der Waals surface area contributed by atoms with Gasteiger partial charge in [-0.05, 0) is 30.3 Å². The van der Waals surface area contributed by atoms with Crippen molar-refractivity contribution in [2.75, 3.05) is 25.1 Å². The van der Waals surface area contributed by atoms with Crippen LogP contribution in [0.1, 0.15) is 0 Å². The van der Waals surface area contributed by atoms with Crippen LogP contribution in [0.15, 0.2) is 42.6 Å². The van der Waals surface area contributed by atoms with E-state index in [0.29, 0.717) is 5.75 Å². The van der Waals surface area contributed by atoms with Gasteiger partial charge in [-0.15, -0.1) is 0 Å². The van der Waals surface area contributed by atoms with Crippen molar-refractivity contribution >= 4 is 11.7 Å². The molecule has 0 aliphatic rings. The number of benzene rings is 1. The molecule has 2 aromatic rings. The lowest BCUT2D eigenvalue weighted by Crippen LogP contribution is -2.32. The Kier molecular flexibility index (Phi) is 6.59. The largest absolute Gasteiger partial charge is 0.492 e. The third-order valence-corrected chi connectivity index (χ3v) is 2.85. The van der Waals surface area contributed by atoms with Crippen LogP contribution in [0.3, 0.4) is 0 Å². The Morgan fingerprint density at radius 1 is 1.08 bits per heavy atom. The molecule has 0 aliphatic carbocycles. The topological polar surface area (TPSA) is 72.5 Å². The van der Waals surface area contributed by atoms with Gasteiger partial charge in [-0.2, -0.15) is 13.2 Å². The Hall–Kier alpha value is -3.04. The highest BCUT2D eigenvalue weighted by molar-refractivity contribution is 5.88. The Morgan fingerprint density at radius 2 is 1.81 bits per heavy atom. The standard InChI is InChI=1S/C16H15F4N3O3/c17-11-1-4-13(5-2-11)25-8-7-21-15(24)23-12-3-6-14(22-9-12)26-10-16(18,19)20/h1-6,9H,7-8,10H2,(H2,21,23,24). The molecule has 1 aromatic carbocycles. The number of hydrogen-bond acceptors (Lipinski definition) is 4. The normalized spacial score (nSPS) is 10.9. The molecule has 2 rings (SSSR count). The maximum atomic E-state index is 12.7. The first-order valence-corrected chi connectivity index (χ1v) is 7.41. The fraction of sp³-hybridized carbons (Fsp3) is 0.250. The molecule has 0 unspecified atom stereocenters. The highest BCUT2D eigenvalue weighted by Crippen LogP contribution is 2.18. The molecule has 26 heavy (non-hydrogen) atoms. The minimum atomic E-state index is -4.45. The van der Waals surface area contributed by atoms with E-state index in [1.165, 1.54) is 42.6 Å². The monoisotopic (exact) mass is 373 g/mol. The number of urea groups is 1. The molecule has 1 heterocycles. The molecule has 140 valence electrons. The summed E-state index contributed by atoms with van der Waals surface area (Å²) in [6.45, 7) is -1.09. The number of alkyl halides is 3. The Bertz CT molecular complexity index is 706. The number of pyridine rings is 1. The lowest BCUT2D eigenvalue weighted by molar-refractivity contribution is -0.154. The van der Waals surface area contributed by atoms with Crippen LogP contribution in [-0.2, 0) is 0 Å². The maximum absolute atomic E-state index is 12.7. The van der Waals surface area contributed by atoms with Crippen LogP contribution >= 0.6 is 0 Å². The zero-order valence-electron chi connectivity index (χ0n) is 13.3. The van der Waals surface area contributed by atoms with Gasteiger partial charge in [0.15, 0.2) is 6.61 Å². The predicted molar refractivity (Wildman–Crippen MR) is 84.7 cm³/mol. The summed E-state index contributed by atoms with van der Waals surface area (Å²) in [6.07, 6.45) is -3.28. The number of carbonyl (C=O) groups is 1. The molecule has 10 heteroatoms. The van der Waals surface area contributed by atoms with Crippen molar-refractivity contribution < 1.29 is 31.8 Å². The van der Waals surface area contributed by atoms with Gasteiger partial charge in [0, 0.05) is 6.07 Å². The second-order valence-corrected chi connectivity index (χ2v) is 4.97. The molecular formula is C16H15F4N3O3. The minimum Gasteiger partial charge on any atom is -0.492 e. The van der Waals surface area contributed by atoms with Gasteiger partial charge in [0.2, 0.25) is 5.88 Å². The second-order valence-electron chi connectivity index (χ2n) is 4.97. The van der Waals surface area contributed by atoms with Gasteiger partial charge in [0.25, 0.3) is 0 Å². The van der Waals surface area contributed by atoms with Gasteiger partial charge in [-0.1, -0.05) is 0 Å². The fourth-order valence-corrected chi connectivity index (χ4v) is 1.73. The predicted octanol–water partition coefficient (Wildman–Crippen LogP) is 3.36. The summed E-state index contributed by atoms with van der Waals surface area (Å²) in [5, 5.41) is 4.97. The van der Waals surface area contributed by atoms with Crippen molar-refractivity contribution in [1.29, 1.82) is 0 Å². The molecule has 0 saturated heterocycles. The van der Waals surface area contributed by atoms with Gasteiger partial charge in [0.05, 0.1) is 18.4 Å². The zero-order chi connectivity index (χ0) is 19.0. The molecule has 0 radical (unpaired) electrons. The molecule has 0 spiro atoms. The van der Waals surface area contributed by atoms with Crippen molar-refractivity contribution in [3.8, 4) is 11.6 Å². The Balaban J connectivity index is 1.68. The molecular weight excluding hydrogens is 358 g/mol. The first-order chi connectivity index (χ1) is 12.3. The van der Waals surface area contributed by atoms with Crippen molar-refractivity contribution in [3.63, 3.8) is 0 Å². The van der Waals surface area contributed by atoms with Crippen molar-refractivity contribution in [2.45, 2.75) is 6.18 Å². The highest BCUT2D eigenvalue weighted by Gasteiger charge is 2.28. The number of anilines is 1. The van der Waals surface area contributed by atoms with Crippen LogP contribution in [0.2, 0.25) is 0 Å². The van der Waals surface area contributed by atoms with E-state index in [0.717, 1.165) is 0 Å². The van der Waals surface area contributed by atoms with Gasteiger partial charge < -0.3 is 20.1 Å². The van der Waals surface area contributed by atoms with E-state index in [1.807, 2.05) is 0 Å². The third-order valence-electron chi connectivity index (χ3n) is 2.85. The SMILES string of the molecule is O=C(NCCOc1ccc(F)cc1)Nc1ccc(OCC(F)(F)F)nc1. The third kappa shape index (κ3) is 7.24.